The van der Waals surface area contributed by atoms with Gasteiger partial charge in [-0.3, -0.25) is 13.7 Å². The molecule has 0 atom stereocenters. The van der Waals surface area contributed by atoms with Crippen LogP contribution < -0.4 is 38.7 Å². The number of rotatable bonds is 0. The van der Waals surface area contributed by atoms with E-state index in [-0.39, 0.29) is 0 Å². The Morgan fingerprint density at radius 2 is 0.889 bits per heavy atom. The second kappa shape index (κ2) is 5.33. The fourth-order valence-electron chi connectivity index (χ4n) is 0. The lowest BCUT2D eigenvalue weighted by Gasteiger charge is -2.08. The molecule has 0 aromatic heterocycles. The number of nitrogens with one attached hydrogen (secondary N) is 1. The van der Waals surface area contributed by atoms with Crippen molar-refractivity contribution in [2.75, 3.05) is 21.1 Å². The Labute approximate surface area is 60.3 Å². The van der Waals surface area contributed by atoms with Crippen LogP contribution in [0, 0.1) is 0 Å². The molecule has 0 aromatic carbocycles. The molecule has 0 radical (unpaired) electrons. The molecule has 0 aliphatic carbocycles. The van der Waals surface area contributed by atoms with Gasteiger partial charge < -0.3 is 4.90 Å². The van der Waals surface area contributed by atoms with Gasteiger partial charge in [-0.05, 0) is 0 Å². The average molecular weight is 251 g/mol. The van der Waals surface area contributed by atoms with Gasteiger partial charge in [0.1, 0.15) is 20.1 Å². The first-order valence-corrected chi connectivity index (χ1v) is 5.64. The summed E-state index contributed by atoms with van der Waals surface area (Å²) in [4.78, 5) is 1.42. The van der Waals surface area contributed by atoms with Crippen molar-refractivity contribution in [2.24, 2.45) is 0 Å². The summed E-state index contributed by atoms with van der Waals surface area (Å²) in [6.45, 7) is 0. The topological polar surface area (TPSA) is 96.7 Å². The molecule has 0 saturated heterocycles. The fourth-order valence-corrected chi connectivity index (χ4v) is 0. The highest BCUT2D eigenvalue weighted by molar-refractivity contribution is 3.59. The molecule has 0 fully saturated rings. The molecule has 9 heavy (non-hydrogen) atoms. The van der Waals surface area contributed by atoms with Gasteiger partial charge in [0.2, 0.25) is 0 Å². The quantitative estimate of drug-likeness (QED) is 0.432. The van der Waals surface area contributed by atoms with Crippen molar-refractivity contribution < 1.29 is 38.7 Å². The molecular weight excluding hydrogens is 241 g/mol. The van der Waals surface area contributed by atoms with Gasteiger partial charge in [-0.25, -0.2) is 0 Å². The monoisotopic (exact) mass is 251 g/mol. The predicted octanol–water partition coefficient (Wildman–Crippen LogP) is -8.99. The normalized spacial score (nSPS) is 10.7. The number of hydrogen-bond acceptors (Lipinski definition) is 4. The fraction of sp³-hybridized carbons (Fsp3) is 1.00. The van der Waals surface area contributed by atoms with E-state index in [0.29, 0.717) is 0 Å². The lowest BCUT2D eigenvalue weighted by atomic mass is 11.0. The van der Waals surface area contributed by atoms with Crippen LogP contribution in [0.4, 0.5) is 0 Å². The zero-order valence-corrected chi connectivity index (χ0v) is 7.67. The van der Waals surface area contributed by atoms with Crippen molar-refractivity contribution in [3.8, 4) is 0 Å². The second-order valence-electron chi connectivity index (χ2n) is 1.88. The summed E-state index contributed by atoms with van der Waals surface area (Å²) in [7, 11) is 6.25. The van der Waals surface area contributed by atoms with Gasteiger partial charge in [0, 0.05) is 0 Å². The van der Waals surface area contributed by atoms with Gasteiger partial charge in [-0.2, -0.15) is 0 Å². The van der Waals surface area contributed by atoms with Crippen LogP contribution in [-0.4, -0.2) is 21.1 Å². The van der Waals surface area contributed by atoms with Gasteiger partial charge >= 0.3 is 0 Å². The van der Waals surface area contributed by atoms with Gasteiger partial charge in [0.25, 0.3) is 0 Å². The Balaban J connectivity index is 0. The van der Waals surface area contributed by atoms with Crippen molar-refractivity contribution in [3.63, 3.8) is 0 Å². The van der Waals surface area contributed by atoms with Crippen molar-refractivity contribution in [1.82, 2.24) is 0 Å². The predicted molar refractivity (Wildman–Crippen MR) is 18.7 cm³/mol. The molecule has 0 saturated carbocycles. The molecule has 0 bridgehead atoms. The Kier molecular flexibility index (Phi) is 7.24. The first-order chi connectivity index (χ1) is 3.73. The standard InChI is InChI=1S/C3H9N.IO4/c1-4(2)3;2-1(3,4)5/h1-3H3;/q;-1/p+1. The van der Waals surface area contributed by atoms with Crippen LogP contribution in [0.5, 0.6) is 0 Å². The van der Waals surface area contributed by atoms with Crippen molar-refractivity contribution in [2.45, 2.75) is 0 Å². The van der Waals surface area contributed by atoms with E-state index < -0.39 is 20.1 Å². The minimum atomic E-state index is -5.94. The van der Waals surface area contributed by atoms with Crippen LogP contribution in [0.3, 0.4) is 0 Å². The molecule has 0 aliphatic heterocycles. The van der Waals surface area contributed by atoms with E-state index in [1.165, 1.54) is 4.90 Å². The van der Waals surface area contributed by atoms with Crippen LogP contribution in [-0.2, 0) is 0 Å². The van der Waals surface area contributed by atoms with Crippen LogP contribution in [0.15, 0.2) is 0 Å². The molecule has 0 aromatic rings. The Bertz CT molecular complexity index is 52.6. The van der Waals surface area contributed by atoms with E-state index in [1.54, 1.807) is 0 Å². The SMILES string of the molecule is C[NH+](C)C.[O-][I+3]([O-])([O-])[O-]. The maximum Gasteiger partial charge on any atom is 0.144 e. The molecule has 6 heteroatoms. The number of quaternary nitrogens is 1. The molecule has 0 heterocycles. The Morgan fingerprint density at radius 1 is 0.889 bits per heavy atom. The summed E-state index contributed by atoms with van der Waals surface area (Å²) in [5.74, 6) is 0. The molecule has 1 N–H and O–H groups in total. The van der Waals surface area contributed by atoms with Crippen LogP contribution in [0.25, 0.3) is 0 Å². The van der Waals surface area contributed by atoms with E-state index in [4.69, 9.17) is 13.7 Å². The number of halogens is 1. The summed E-state index contributed by atoms with van der Waals surface area (Å²) < 4.78 is 34.5. The smallest absolute Gasteiger partial charge is 0.144 e. The summed E-state index contributed by atoms with van der Waals surface area (Å²) in [6, 6.07) is 0. The van der Waals surface area contributed by atoms with Gasteiger partial charge in [-0.15, -0.1) is 0 Å². The minimum absolute atomic E-state index is 1.42. The Morgan fingerprint density at radius 3 is 0.889 bits per heavy atom. The van der Waals surface area contributed by atoms with Crippen molar-refractivity contribution in [3.05, 3.63) is 0 Å². The highest BCUT2D eigenvalue weighted by atomic mass is 127. The van der Waals surface area contributed by atoms with E-state index in [0.717, 1.165) is 0 Å². The maximum absolute atomic E-state index is 8.62. The number of hydrogen-bond donors (Lipinski definition) is 1. The molecule has 5 nitrogen and oxygen atoms in total. The van der Waals surface area contributed by atoms with Crippen molar-refractivity contribution in [1.29, 1.82) is 0 Å². The minimum Gasteiger partial charge on any atom is -0.342 e. The zero-order valence-electron chi connectivity index (χ0n) is 5.51. The molecule has 0 unspecified atom stereocenters. The third-order valence-corrected chi connectivity index (χ3v) is 0. The third-order valence-electron chi connectivity index (χ3n) is 0. The molecule has 0 spiro atoms. The van der Waals surface area contributed by atoms with Gasteiger partial charge in [0.05, 0.1) is 21.1 Å². The molecular formula is C3H10INO4. The lowest BCUT2D eigenvalue weighted by molar-refractivity contribution is -2.00. The molecule has 0 rings (SSSR count). The highest BCUT2D eigenvalue weighted by Crippen LogP contribution is 0.864. The lowest BCUT2D eigenvalue weighted by Crippen LogP contribution is -4.29. The largest absolute Gasteiger partial charge is 0.342 e. The highest BCUT2D eigenvalue weighted by Gasteiger charge is 1.94. The van der Waals surface area contributed by atoms with Crippen LogP contribution in [0.2, 0.25) is 0 Å². The molecule has 58 valence electrons. The van der Waals surface area contributed by atoms with Crippen LogP contribution >= 0.6 is 0 Å². The summed E-state index contributed by atoms with van der Waals surface area (Å²) in [5, 5.41) is 0. The first kappa shape index (κ1) is 12.2. The summed E-state index contributed by atoms with van der Waals surface area (Å²) >= 11 is -5.94. The molecule has 0 amide bonds. The van der Waals surface area contributed by atoms with Crippen molar-refractivity contribution >= 4 is 0 Å². The maximum atomic E-state index is 8.62. The van der Waals surface area contributed by atoms with E-state index >= 15 is 0 Å². The van der Waals surface area contributed by atoms with E-state index in [2.05, 4.69) is 21.1 Å². The average Bonchev–Trinajstić information content (AvgIpc) is 1.19. The third kappa shape index (κ3) is 1290. The van der Waals surface area contributed by atoms with E-state index in [1.807, 2.05) is 0 Å². The first-order valence-electron chi connectivity index (χ1n) is 2.12. The summed E-state index contributed by atoms with van der Waals surface area (Å²) in [6.07, 6.45) is 0. The van der Waals surface area contributed by atoms with E-state index in [9.17, 15) is 0 Å². The Hall–Kier alpha value is 0.530. The zero-order chi connectivity index (χ0) is 8.08. The van der Waals surface area contributed by atoms with Gasteiger partial charge in [-0.1, -0.05) is 0 Å². The molecule has 0 aliphatic rings. The second-order valence-corrected chi connectivity index (χ2v) is 4.04. The summed E-state index contributed by atoms with van der Waals surface area (Å²) in [5.41, 5.74) is 0. The van der Waals surface area contributed by atoms with Gasteiger partial charge in [0.15, 0.2) is 0 Å². The van der Waals surface area contributed by atoms with Crippen LogP contribution in [0.1, 0.15) is 0 Å².